The highest BCUT2D eigenvalue weighted by Gasteiger charge is 2.37. The van der Waals surface area contributed by atoms with Crippen LogP contribution in [-0.2, 0) is 16.2 Å². The fourth-order valence-corrected chi connectivity index (χ4v) is 4.53. The van der Waals surface area contributed by atoms with Crippen LogP contribution in [0.2, 0.25) is 0 Å². The van der Waals surface area contributed by atoms with Crippen LogP contribution in [0, 0.1) is 11.6 Å². The summed E-state index contributed by atoms with van der Waals surface area (Å²) in [5, 5.41) is 0. The summed E-state index contributed by atoms with van der Waals surface area (Å²) < 4.78 is 92.6. The lowest BCUT2D eigenvalue weighted by atomic mass is 10.1. The van der Waals surface area contributed by atoms with Crippen molar-refractivity contribution < 1.29 is 35.2 Å². The third-order valence-corrected chi connectivity index (χ3v) is 6.41. The number of hydrogen-bond acceptors (Lipinski definition) is 3. The number of benzene rings is 2. The van der Waals surface area contributed by atoms with Crippen molar-refractivity contribution in [3.8, 4) is 0 Å². The van der Waals surface area contributed by atoms with E-state index >= 15 is 0 Å². The van der Waals surface area contributed by atoms with Crippen LogP contribution in [0.1, 0.15) is 15.9 Å². The number of carbonyl (C=O) groups is 1. The molecule has 1 saturated heterocycles. The van der Waals surface area contributed by atoms with Crippen LogP contribution in [-0.4, -0.2) is 49.7 Å². The second kappa shape index (κ2) is 7.71. The molecule has 0 aliphatic carbocycles. The molecule has 2 aromatic rings. The van der Waals surface area contributed by atoms with Crippen LogP contribution in [0.5, 0.6) is 0 Å². The maximum atomic E-state index is 13.9. The lowest BCUT2D eigenvalue weighted by Crippen LogP contribution is -2.50. The first-order valence-corrected chi connectivity index (χ1v) is 9.86. The topological polar surface area (TPSA) is 57.7 Å². The number of piperazine rings is 1. The SMILES string of the molecule is O=C(c1ccccc1C(F)(F)F)N1CCN(S(=O)(=O)c2cc(F)ccc2F)CC1. The van der Waals surface area contributed by atoms with Crippen molar-refractivity contribution in [2.24, 2.45) is 0 Å². The maximum absolute atomic E-state index is 13.9. The van der Waals surface area contributed by atoms with E-state index in [1.165, 1.54) is 6.07 Å². The Kier molecular flexibility index (Phi) is 5.63. The summed E-state index contributed by atoms with van der Waals surface area (Å²) in [5.41, 5.74) is -1.62. The van der Waals surface area contributed by atoms with Gasteiger partial charge in [-0.05, 0) is 30.3 Å². The van der Waals surface area contributed by atoms with E-state index in [0.29, 0.717) is 12.1 Å². The van der Waals surface area contributed by atoms with E-state index in [0.717, 1.165) is 33.5 Å². The van der Waals surface area contributed by atoms with Gasteiger partial charge in [-0.2, -0.15) is 17.5 Å². The van der Waals surface area contributed by atoms with Gasteiger partial charge in [0.05, 0.1) is 11.1 Å². The van der Waals surface area contributed by atoms with Crippen LogP contribution in [0.3, 0.4) is 0 Å². The first-order valence-electron chi connectivity index (χ1n) is 8.42. The third-order valence-electron chi connectivity index (χ3n) is 4.50. The van der Waals surface area contributed by atoms with E-state index in [-0.39, 0.29) is 26.2 Å². The third kappa shape index (κ3) is 4.25. The summed E-state index contributed by atoms with van der Waals surface area (Å²) in [5.74, 6) is -2.93. The van der Waals surface area contributed by atoms with Crippen LogP contribution in [0.15, 0.2) is 47.4 Å². The van der Waals surface area contributed by atoms with Gasteiger partial charge >= 0.3 is 6.18 Å². The van der Waals surface area contributed by atoms with Gasteiger partial charge in [-0.3, -0.25) is 4.79 Å². The van der Waals surface area contributed by atoms with Crippen molar-refractivity contribution in [1.82, 2.24) is 9.21 Å². The highest BCUT2D eigenvalue weighted by atomic mass is 32.2. The summed E-state index contributed by atoms with van der Waals surface area (Å²) >= 11 is 0. The van der Waals surface area contributed by atoms with Gasteiger partial charge in [0.1, 0.15) is 16.5 Å². The van der Waals surface area contributed by atoms with Crippen LogP contribution in [0.25, 0.3) is 0 Å². The van der Waals surface area contributed by atoms with Gasteiger partial charge in [0, 0.05) is 26.2 Å². The molecule has 1 aliphatic rings. The van der Waals surface area contributed by atoms with Crippen molar-refractivity contribution in [2.75, 3.05) is 26.2 Å². The van der Waals surface area contributed by atoms with Crippen molar-refractivity contribution in [2.45, 2.75) is 11.1 Å². The second-order valence-corrected chi connectivity index (χ2v) is 8.22. The molecule has 3 rings (SSSR count). The minimum atomic E-state index is -4.72. The average molecular weight is 434 g/mol. The number of rotatable bonds is 3. The predicted octanol–water partition coefficient (Wildman–Crippen LogP) is 3.13. The monoisotopic (exact) mass is 434 g/mol. The first-order chi connectivity index (χ1) is 13.5. The van der Waals surface area contributed by atoms with Gasteiger partial charge in [0.25, 0.3) is 5.91 Å². The van der Waals surface area contributed by atoms with Gasteiger partial charge in [-0.15, -0.1) is 0 Å². The van der Waals surface area contributed by atoms with E-state index in [4.69, 9.17) is 0 Å². The van der Waals surface area contributed by atoms with E-state index in [2.05, 4.69) is 0 Å². The molecule has 1 fully saturated rings. The maximum Gasteiger partial charge on any atom is 0.417 e. The van der Waals surface area contributed by atoms with E-state index in [9.17, 15) is 35.2 Å². The quantitative estimate of drug-likeness (QED) is 0.698. The summed E-state index contributed by atoms with van der Waals surface area (Å²) in [6.07, 6.45) is -4.72. The predicted molar refractivity (Wildman–Crippen MR) is 92.5 cm³/mol. The lowest BCUT2D eigenvalue weighted by molar-refractivity contribution is -0.138. The number of nitrogens with zero attached hydrogens (tertiary/aromatic N) is 2. The number of alkyl halides is 3. The van der Waals surface area contributed by atoms with E-state index < -0.39 is 49.8 Å². The van der Waals surface area contributed by atoms with Crippen molar-refractivity contribution in [3.63, 3.8) is 0 Å². The number of halogens is 5. The highest BCUT2D eigenvalue weighted by Crippen LogP contribution is 2.32. The van der Waals surface area contributed by atoms with Crippen molar-refractivity contribution in [1.29, 1.82) is 0 Å². The highest BCUT2D eigenvalue weighted by molar-refractivity contribution is 7.89. The molecule has 156 valence electrons. The normalized spacial score (nSPS) is 16.1. The number of amides is 1. The zero-order chi connectivity index (χ0) is 21.4. The lowest BCUT2D eigenvalue weighted by Gasteiger charge is -2.34. The molecule has 0 saturated carbocycles. The number of sulfonamides is 1. The molecule has 0 unspecified atom stereocenters. The summed E-state index contributed by atoms with van der Waals surface area (Å²) in [7, 11) is -4.36. The van der Waals surface area contributed by atoms with Gasteiger partial charge in [-0.1, -0.05) is 12.1 Å². The molecular formula is C18H15F5N2O3S. The average Bonchev–Trinajstić information content (AvgIpc) is 2.68. The summed E-state index contributed by atoms with van der Waals surface area (Å²) in [6, 6.07) is 6.34. The van der Waals surface area contributed by atoms with E-state index in [1.807, 2.05) is 0 Å². The molecule has 5 nitrogen and oxygen atoms in total. The largest absolute Gasteiger partial charge is 0.417 e. The number of carbonyl (C=O) groups excluding carboxylic acids is 1. The molecule has 0 aromatic heterocycles. The van der Waals surface area contributed by atoms with Crippen molar-refractivity contribution >= 4 is 15.9 Å². The summed E-state index contributed by atoms with van der Waals surface area (Å²) in [6.45, 7) is -0.918. The Bertz CT molecular complexity index is 1030. The Morgan fingerprint density at radius 1 is 0.931 bits per heavy atom. The molecule has 1 heterocycles. The molecular weight excluding hydrogens is 419 g/mol. The molecule has 0 bridgehead atoms. The van der Waals surface area contributed by atoms with E-state index in [1.54, 1.807) is 0 Å². The second-order valence-electron chi connectivity index (χ2n) is 6.31. The Balaban J connectivity index is 1.78. The molecule has 0 spiro atoms. The fourth-order valence-electron chi connectivity index (χ4n) is 3.03. The summed E-state index contributed by atoms with van der Waals surface area (Å²) in [4.78, 5) is 12.8. The van der Waals surface area contributed by atoms with Gasteiger partial charge in [0.15, 0.2) is 0 Å². The molecule has 1 aliphatic heterocycles. The molecule has 2 aromatic carbocycles. The van der Waals surface area contributed by atoms with Gasteiger partial charge in [0.2, 0.25) is 10.0 Å². The molecule has 0 atom stereocenters. The minimum Gasteiger partial charge on any atom is -0.336 e. The van der Waals surface area contributed by atoms with Gasteiger partial charge < -0.3 is 4.90 Å². The van der Waals surface area contributed by atoms with Gasteiger partial charge in [-0.25, -0.2) is 17.2 Å². The van der Waals surface area contributed by atoms with Crippen LogP contribution in [0.4, 0.5) is 22.0 Å². The zero-order valence-electron chi connectivity index (χ0n) is 14.8. The molecule has 0 N–H and O–H groups in total. The standard InChI is InChI=1S/C18H15F5N2O3S/c19-12-5-6-15(20)16(11-12)29(27,28)25-9-7-24(8-10-25)17(26)13-3-1-2-4-14(13)18(21,22)23/h1-6,11H,7-10H2. The minimum absolute atomic E-state index is 0.193. The molecule has 29 heavy (non-hydrogen) atoms. The first kappa shape index (κ1) is 21.2. The van der Waals surface area contributed by atoms with Crippen LogP contribution < -0.4 is 0 Å². The number of hydrogen-bond donors (Lipinski definition) is 0. The molecule has 0 radical (unpaired) electrons. The Morgan fingerprint density at radius 3 is 2.17 bits per heavy atom. The smallest absolute Gasteiger partial charge is 0.336 e. The van der Waals surface area contributed by atoms with Crippen LogP contribution >= 0.6 is 0 Å². The Morgan fingerprint density at radius 2 is 1.55 bits per heavy atom. The zero-order valence-corrected chi connectivity index (χ0v) is 15.6. The molecule has 1 amide bonds. The van der Waals surface area contributed by atoms with Crippen molar-refractivity contribution in [3.05, 3.63) is 65.2 Å². The molecule has 11 heteroatoms. The Hall–Kier alpha value is -2.53. The fraction of sp³-hybridized carbons (Fsp3) is 0.278. The Labute approximate surface area is 163 Å².